The molecule has 1 heterocycles. The van der Waals surface area contributed by atoms with Gasteiger partial charge in [0, 0.05) is 23.7 Å². The Morgan fingerprint density at radius 3 is 2.50 bits per heavy atom. The number of aliphatic carboxylic acids is 1. The highest BCUT2D eigenvalue weighted by molar-refractivity contribution is 5.80. The predicted molar refractivity (Wildman–Crippen MR) is 79.0 cm³/mol. The summed E-state index contributed by atoms with van der Waals surface area (Å²) in [5.41, 5.74) is 1.22. The summed E-state index contributed by atoms with van der Waals surface area (Å²) in [6, 6.07) is 8.78. The van der Waals surface area contributed by atoms with Crippen molar-refractivity contribution in [2.45, 2.75) is 33.7 Å². The van der Waals surface area contributed by atoms with Gasteiger partial charge in [0.15, 0.2) is 5.43 Å². The maximum atomic E-state index is 12.1. The second kappa shape index (κ2) is 5.12. The van der Waals surface area contributed by atoms with E-state index in [4.69, 9.17) is 5.11 Å². The van der Waals surface area contributed by atoms with Crippen LogP contribution >= 0.6 is 0 Å². The summed E-state index contributed by atoms with van der Waals surface area (Å²) < 4.78 is 1.95. The fraction of sp³-hybridized carbons (Fsp3) is 0.375. The molecule has 106 valence electrons. The number of aromatic nitrogens is 1. The summed E-state index contributed by atoms with van der Waals surface area (Å²) in [5.74, 6) is -0.928. The van der Waals surface area contributed by atoms with Crippen molar-refractivity contribution in [3.63, 3.8) is 0 Å². The van der Waals surface area contributed by atoms with Crippen molar-refractivity contribution >= 4 is 16.9 Å². The Hall–Kier alpha value is -2.10. The lowest BCUT2D eigenvalue weighted by molar-refractivity contribution is -0.136. The minimum absolute atomic E-state index is 0.00884. The van der Waals surface area contributed by atoms with Crippen molar-refractivity contribution in [2.75, 3.05) is 0 Å². The zero-order chi connectivity index (χ0) is 14.9. The molecule has 0 bridgehead atoms. The van der Waals surface area contributed by atoms with E-state index in [1.165, 1.54) is 6.07 Å². The Morgan fingerprint density at radius 1 is 1.25 bits per heavy atom. The van der Waals surface area contributed by atoms with E-state index in [1.54, 1.807) is 6.07 Å². The van der Waals surface area contributed by atoms with Crippen LogP contribution in [0.3, 0.4) is 0 Å². The Morgan fingerprint density at radius 2 is 1.90 bits per heavy atom. The fourth-order valence-electron chi connectivity index (χ4n) is 2.34. The number of benzene rings is 1. The number of hydrogen-bond acceptors (Lipinski definition) is 2. The fourth-order valence-corrected chi connectivity index (χ4v) is 2.34. The highest BCUT2D eigenvalue weighted by Crippen LogP contribution is 2.22. The van der Waals surface area contributed by atoms with Gasteiger partial charge in [-0.2, -0.15) is 0 Å². The number of carboxylic acids is 1. The van der Waals surface area contributed by atoms with Gasteiger partial charge in [0.2, 0.25) is 0 Å². The average molecular weight is 273 g/mol. The Kier molecular flexibility index (Phi) is 3.66. The highest BCUT2D eigenvalue weighted by Gasteiger charge is 2.17. The highest BCUT2D eigenvalue weighted by atomic mass is 16.4. The van der Waals surface area contributed by atoms with Gasteiger partial charge in [-0.05, 0) is 17.5 Å². The number of carboxylic acid groups (broad SMARTS) is 1. The van der Waals surface area contributed by atoms with Crippen molar-refractivity contribution in [3.8, 4) is 0 Å². The van der Waals surface area contributed by atoms with Gasteiger partial charge in [-0.1, -0.05) is 32.9 Å². The van der Waals surface area contributed by atoms with E-state index in [2.05, 4.69) is 20.8 Å². The van der Waals surface area contributed by atoms with Gasteiger partial charge in [-0.15, -0.1) is 0 Å². The first-order valence-corrected chi connectivity index (χ1v) is 6.61. The van der Waals surface area contributed by atoms with Gasteiger partial charge < -0.3 is 9.67 Å². The Balaban J connectivity index is 2.73. The molecule has 0 atom stereocenters. The van der Waals surface area contributed by atoms with E-state index in [-0.39, 0.29) is 17.3 Å². The molecule has 0 unspecified atom stereocenters. The quantitative estimate of drug-likeness (QED) is 0.935. The molecule has 0 aliphatic heterocycles. The standard InChI is InChI=1S/C16H19NO3/c1-16(2,3)10-17-11(9-15(19)20)8-14(18)12-6-4-5-7-13(12)17/h4-8H,9-10H2,1-3H3,(H,19,20). The molecular formula is C16H19NO3. The minimum Gasteiger partial charge on any atom is -0.481 e. The minimum atomic E-state index is -0.928. The smallest absolute Gasteiger partial charge is 0.309 e. The molecule has 0 spiro atoms. The van der Waals surface area contributed by atoms with Crippen LogP contribution in [0.2, 0.25) is 0 Å². The second-order valence-corrected chi connectivity index (χ2v) is 6.23. The summed E-state index contributed by atoms with van der Waals surface area (Å²) in [5, 5.41) is 9.67. The van der Waals surface area contributed by atoms with Crippen molar-refractivity contribution in [2.24, 2.45) is 5.41 Å². The third kappa shape index (κ3) is 3.07. The van der Waals surface area contributed by atoms with Crippen molar-refractivity contribution in [1.29, 1.82) is 0 Å². The van der Waals surface area contributed by atoms with Crippen LogP contribution in [0.15, 0.2) is 35.1 Å². The maximum absolute atomic E-state index is 12.1. The summed E-state index contributed by atoms with van der Waals surface area (Å²) in [7, 11) is 0. The van der Waals surface area contributed by atoms with E-state index in [9.17, 15) is 9.59 Å². The van der Waals surface area contributed by atoms with E-state index in [0.717, 1.165) is 5.52 Å². The average Bonchev–Trinajstić information content (AvgIpc) is 2.32. The summed E-state index contributed by atoms with van der Waals surface area (Å²) >= 11 is 0. The molecule has 0 aliphatic carbocycles. The second-order valence-electron chi connectivity index (χ2n) is 6.23. The monoisotopic (exact) mass is 273 g/mol. The first kappa shape index (κ1) is 14.3. The number of fused-ring (bicyclic) bond motifs is 1. The predicted octanol–water partition coefficient (Wildman–Crippen LogP) is 2.67. The molecule has 0 fully saturated rings. The van der Waals surface area contributed by atoms with Crippen LogP contribution in [0.25, 0.3) is 10.9 Å². The Bertz CT molecular complexity index is 708. The van der Waals surface area contributed by atoms with Gasteiger partial charge in [0.1, 0.15) is 0 Å². The van der Waals surface area contributed by atoms with Crippen LogP contribution in [0.1, 0.15) is 26.5 Å². The summed E-state index contributed by atoms with van der Waals surface area (Å²) in [4.78, 5) is 23.1. The van der Waals surface area contributed by atoms with Crippen LogP contribution in [0, 0.1) is 5.41 Å². The molecule has 0 saturated carbocycles. The lowest BCUT2D eigenvalue weighted by atomic mass is 9.96. The van der Waals surface area contributed by atoms with E-state index < -0.39 is 5.97 Å². The number of pyridine rings is 1. The number of para-hydroxylation sites is 1. The molecule has 4 heteroatoms. The van der Waals surface area contributed by atoms with Gasteiger partial charge in [-0.25, -0.2) is 0 Å². The maximum Gasteiger partial charge on any atom is 0.309 e. The molecule has 0 amide bonds. The van der Waals surface area contributed by atoms with E-state index >= 15 is 0 Å². The number of carbonyl (C=O) groups is 1. The molecule has 1 aromatic heterocycles. The zero-order valence-electron chi connectivity index (χ0n) is 12.0. The van der Waals surface area contributed by atoms with Crippen molar-refractivity contribution in [1.82, 2.24) is 4.57 Å². The molecule has 20 heavy (non-hydrogen) atoms. The van der Waals surface area contributed by atoms with Crippen molar-refractivity contribution < 1.29 is 9.90 Å². The van der Waals surface area contributed by atoms with Crippen LogP contribution in [-0.2, 0) is 17.8 Å². The third-order valence-electron chi connectivity index (χ3n) is 3.07. The van der Waals surface area contributed by atoms with Gasteiger partial charge >= 0.3 is 5.97 Å². The topological polar surface area (TPSA) is 59.3 Å². The first-order chi connectivity index (χ1) is 9.28. The first-order valence-electron chi connectivity index (χ1n) is 6.61. The molecule has 1 N–H and O–H groups in total. The molecule has 1 aromatic carbocycles. The number of hydrogen-bond donors (Lipinski definition) is 1. The van der Waals surface area contributed by atoms with Gasteiger partial charge in [0.05, 0.1) is 11.9 Å². The zero-order valence-corrected chi connectivity index (χ0v) is 12.0. The normalized spacial score (nSPS) is 11.8. The summed E-state index contributed by atoms with van der Waals surface area (Å²) in [6.07, 6.45) is -0.143. The van der Waals surface area contributed by atoms with Crippen LogP contribution < -0.4 is 5.43 Å². The third-order valence-corrected chi connectivity index (χ3v) is 3.07. The lowest BCUT2D eigenvalue weighted by Crippen LogP contribution is -2.23. The number of rotatable bonds is 3. The van der Waals surface area contributed by atoms with E-state index in [0.29, 0.717) is 17.6 Å². The molecule has 2 rings (SSSR count). The molecule has 0 radical (unpaired) electrons. The SMILES string of the molecule is CC(C)(C)Cn1c(CC(=O)O)cc(=O)c2ccccc21. The molecule has 4 nitrogen and oxygen atoms in total. The lowest BCUT2D eigenvalue weighted by Gasteiger charge is -2.24. The molecule has 0 aliphatic rings. The van der Waals surface area contributed by atoms with Gasteiger partial charge in [0.25, 0.3) is 0 Å². The molecule has 0 saturated heterocycles. The molecule has 2 aromatic rings. The summed E-state index contributed by atoms with van der Waals surface area (Å²) in [6.45, 7) is 6.93. The molecular weight excluding hydrogens is 254 g/mol. The Labute approximate surface area is 117 Å². The largest absolute Gasteiger partial charge is 0.481 e. The van der Waals surface area contributed by atoms with Crippen LogP contribution in [0.5, 0.6) is 0 Å². The van der Waals surface area contributed by atoms with Crippen LogP contribution in [-0.4, -0.2) is 15.6 Å². The number of nitrogens with zero attached hydrogens (tertiary/aromatic N) is 1. The van der Waals surface area contributed by atoms with Crippen molar-refractivity contribution in [3.05, 3.63) is 46.2 Å². The van der Waals surface area contributed by atoms with Gasteiger partial charge in [-0.3, -0.25) is 9.59 Å². The van der Waals surface area contributed by atoms with E-state index in [1.807, 2.05) is 22.8 Å². The van der Waals surface area contributed by atoms with Crippen LogP contribution in [0.4, 0.5) is 0 Å².